The Morgan fingerprint density at radius 2 is 2.00 bits per heavy atom. The average molecular weight is 156 g/mol. The predicted molar refractivity (Wildman–Crippen MR) is 49.5 cm³/mol. The summed E-state index contributed by atoms with van der Waals surface area (Å²) in [6.07, 6.45) is 4.66. The minimum Gasteiger partial charge on any atom is -0.393 e. The van der Waals surface area contributed by atoms with Gasteiger partial charge in [-0.1, -0.05) is 26.8 Å². The lowest BCUT2D eigenvalue weighted by atomic mass is 9.86. The van der Waals surface area contributed by atoms with E-state index in [4.69, 9.17) is 0 Å². The lowest BCUT2D eigenvalue weighted by Crippen LogP contribution is -2.25. The van der Waals surface area contributed by atoms with Crippen molar-refractivity contribution >= 4 is 0 Å². The molecule has 0 aliphatic rings. The number of allylic oxidation sites excluding steroid dienone is 1. The van der Waals surface area contributed by atoms with Crippen molar-refractivity contribution in [2.45, 2.75) is 46.1 Å². The molecular formula is C10H20O. The van der Waals surface area contributed by atoms with E-state index in [2.05, 4.69) is 27.4 Å². The molecule has 0 amide bonds. The molecule has 0 aromatic carbocycles. The maximum absolute atomic E-state index is 9.58. The Bertz CT molecular complexity index is 111. The van der Waals surface area contributed by atoms with Gasteiger partial charge in [0, 0.05) is 0 Å². The lowest BCUT2D eigenvalue weighted by Gasteiger charge is -2.25. The molecule has 66 valence electrons. The maximum Gasteiger partial charge on any atom is 0.0588 e. The molecule has 0 aliphatic carbocycles. The molecule has 0 aromatic rings. The SMILES string of the molecule is C=CCCCC(O)C(C)(C)C. The predicted octanol–water partition coefficient (Wildman–Crippen LogP) is 2.75. The molecule has 0 aromatic heterocycles. The van der Waals surface area contributed by atoms with Gasteiger partial charge < -0.3 is 5.11 Å². The topological polar surface area (TPSA) is 20.2 Å². The number of aliphatic hydroxyl groups is 1. The summed E-state index contributed by atoms with van der Waals surface area (Å²) in [5.74, 6) is 0. The van der Waals surface area contributed by atoms with Gasteiger partial charge in [0.05, 0.1) is 6.10 Å². The van der Waals surface area contributed by atoms with Gasteiger partial charge in [0.15, 0.2) is 0 Å². The minimum absolute atomic E-state index is 0.0289. The van der Waals surface area contributed by atoms with Gasteiger partial charge in [-0.25, -0.2) is 0 Å². The van der Waals surface area contributed by atoms with Gasteiger partial charge in [-0.3, -0.25) is 0 Å². The Kier molecular flexibility index (Phi) is 4.43. The van der Waals surface area contributed by atoms with E-state index in [-0.39, 0.29) is 11.5 Å². The van der Waals surface area contributed by atoms with Gasteiger partial charge in [0.1, 0.15) is 0 Å². The Morgan fingerprint density at radius 3 is 2.36 bits per heavy atom. The van der Waals surface area contributed by atoms with Crippen LogP contribution in [0.15, 0.2) is 12.7 Å². The highest BCUT2D eigenvalue weighted by molar-refractivity contribution is 4.74. The first-order valence-electron chi connectivity index (χ1n) is 4.27. The Hall–Kier alpha value is -0.300. The van der Waals surface area contributed by atoms with E-state index in [9.17, 15) is 5.11 Å². The van der Waals surface area contributed by atoms with Gasteiger partial charge in [0.2, 0.25) is 0 Å². The van der Waals surface area contributed by atoms with Crippen LogP contribution in [0, 0.1) is 5.41 Å². The normalized spacial score (nSPS) is 14.5. The molecule has 1 heteroatoms. The smallest absolute Gasteiger partial charge is 0.0588 e. The third kappa shape index (κ3) is 5.02. The Labute approximate surface area is 70.1 Å². The van der Waals surface area contributed by atoms with Crippen LogP contribution in [0.5, 0.6) is 0 Å². The van der Waals surface area contributed by atoms with Crippen molar-refractivity contribution in [3.63, 3.8) is 0 Å². The Balaban J connectivity index is 3.52. The highest BCUT2D eigenvalue weighted by atomic mass is 16.3. The van der Waals surface area contributed by atoms with Crippen LogP contribution in [0.2, 0.25) is 0 Å². The zero-order valence-corrected chi connectivity index (χ0v) is 7.93. The number of hydrogen-bond acceptors (Lipinski definition) is 1. The molecule has 1 N–H and O–H groups in total. The molecule has 0 aliphatic heterocycles. The van der Waals surface area contributed by atoms with Crippen LogP contribution in [0.3, 0.4) is 0 Å². The molecule has 0 saturated heterocycles. The summed E-state index contributed by atoms with van der Waals surface area (Å²) < 4.78 is 0. The quantitative estimate of drug-likeness (QED) is 0.490. The first-order chi connectivity index (χ1) is 4.98. The fraction of sp³-hybridized carbons (Fsp3) is 0.800. The second-order valence-electron chi connectivity index (χ2n) is 4.10. The third-order valence-corrected chi connectivity index (χ3v) is 1.89. The van der Waals surface area contributed by atoms with Crippen molar-refractivity contribution in [1.82, 2.24) is 0 Å². The van der Waals surface area contributed by atoms with Gasteiger partial charge >= 0.3 is 0 Å². The van der Waals surface area contributed by atoms with Crippen LogP contribution in [0.1, 0.15) is 40.0 Å². The average Bonchev–Trinajstić information content (AvgIpc) is 1.86. The fourth-order valence-corrected chi connectivity index (χ4v) is 0.889. The first kappa shape index (κ1) is 10.7. The monoisotopic (exact) mass is 156 g/mol. The van der Waals surface area contributed by atoms with E-state index in [0.29, 0.717) is 0 Å². The summed E-state index contributed by atoms with van der Waals surface area (Å²) in [5.41, 5.74) is 0.0289. The largest absolute Gasteiger partial charge is 0.393 e. The van der Waals surface area contributed by atoms with Crippen LogP contribution in [-0.2, 0) is 0 Å². The summed E-state index contributed by atoms with van der Waals surface area (Å²) >= 11 is 0. The first-order valence-corrected chi connectivity index (χ1v) is 4.27. The molecule has 0 rings (SSSR count). The van der Waals surface area contributed by atoms with Crippen LogP contribution in [-0.4, -0.2) is 11.2 Å². The van der Waals surface area contributed by atoms with Gasteiger partial charge in [-0.15, -0.1) is 6.58 Å². The maximum atomic E-state index is 9.58. The minimum atomic E-state index is -0.178. The molecule has 1 unspecified atom stereocenters. The van der Waals surface area contributed by atoms with Gasteiger partial charge in [-0.05, 0) is 24.7 Å². The third-order valence-electron chi connectivity index (χ3n) is 1.89. The zero-order valence-electron chi connectivity index (χ0n) is 7.93. The molecular weight excluding hydrogens is 136 g/mol. The van der Waals surface area contributed by atoms with E-state index >= 15 is 0 Å². The van der Waals surface area contributed by atoms with Crippen LogP contribution in [0.4, 0.5) is 0 Å². The molecule has 0 saturated carbocycles. The molecule has 0 spiro atoms. The van der Waals surface area contributed by atoms with Crippen LogP contribution < -0.4 is 0 Å². The van der Waals surface area contributed by atoms with Crippen LogP contribution in [0.25, 0.3) is 0 Å². The second kappa shape index (κ2) is 4.55. The van der Waals surface area contributed by atoms with Gasteiger partial charge in [0.25, 0.3) is 0 Å². The van der Waals surface area contributed by atoms with Crippen LogP contribution >= 0.6 is 0 Å². The van der Waals surface area contributed by atoms with Crippen molar-refractivity contribution in [2.24, 2.45) is 5.41 Å². The van der Waals surface area contributed by atoms with Gasteiger partial charge in [-0.2, -0.15) is 0 Å². The van der Waals surface area contributed by atoms with E-state index in [0.717, 1.165) is 19.3 Å². The molecule has 0 radical (unpaired) electrons. The highest BCUT2D eigenvalue weighted by Gasteiger charge is 2.20. The van der Waals surface area contributed by atoms with Crippen molar-refractivity contribution in [1.29, 1.82) is 0 Å². The molecule has 0 heterocycles. The molecule has 0 fully saturated rings. The summed E-state index contributed by atoms with van der Waals surface area (Å²) in [4.78, 5) is 0. The molecule has 11 heavy (non-hydrogen) atoms. The zero-order chi connectivity index (χ0) is 8.91. The number of rotatable bonds is 4. The summed E-state index contributed by atoms with van der Waals surface area (Å²) in [6, 6.07) is 0. The Morgan fingerprint density at radius 1 is 1.45 bits per heavy atom. The van der Waals surface area contributed by atoms with E-state index in [1.165, 1.54) is 0 Å². The summed E-state index contributed by atoms with van der Waals surface area (Å²) in [7, 11) is 0. The van der Waals surface area contributed by atoms with E-state index in [1.54, 1.807) is 0 Å². The molecule has 1 nitrogen and oxygen atoms in total. The number of aliphatic hydroxyl groups excluding tert-OH is 1. The lowest BCUT2D eigenvalue weighted by molar-refractivity contribution is 0.0542. The second-order valence-corrected chi connectivity index (χ2v) is 4.10. The standard InChI is InChI=1S/C10H20O/c1-5-6-7-8-9(11)10(2,3)4/h5,9,11H,1,6-8H2,2-4H3. The van der Waals surface area contributed by atoms with Crippen molar-refractivity contribution in [3.05, 3.63) is 12.7 Å². The molecule has 0 bridgehead atoms. The number of hydrogen-bond donors (Lipinski definition) is 1. The fourth-order valence-electron chi connectivity index (χ4n) is 0.889. The summed E-state index contributed by atoms with van der Waals surface area (Å²) in [6.45, 7) is 9.82. The van der Waals surface area contributed by atoms with Crippen molar-refractivity contribution < 1.29 is 5.11 Å². The van der Waals surface area contributed by atoms with Crippen molar-refractivity contribution in [3.8, 4) is 0 Å². The highest BCUT2D eigenvalue weighted by Crippen LogP contribution is 2.22. The van der Waals surface area contributed by atoms with E-state index in [1.807, 2.05) is 6.08 Å². The van der Waals surface area contributed by atoms with Crippen molar-refractivity contribution in [2.75, 3.05) is 0 Å². The van der Waals surface area contributed by atoms with E-state index < -0.39 is 0 Å². The number of unbranched alkanes of at least 4 members (excludes halogenated alkanes) is 1. The molecule has 1 atom stereocenters. The summed E-state index contributed by atoms with van der Waals surface area (Å²) in [5, 5.41) is 9.58.